The maximum atomic E-state index is 11.1. The van der Waals surface area contributed by atoms with Crippen molar-refractivity contribution in [3.05, 3.63) is 29.8 Å². The lowest BCUT2D eigenvalue weighted by Gasteiger charge is -2.16. The molecule has 0 heterocycles. The van der Waals surface area contributed by atoms with E-state index in [1.807, 2.05) is 13.0 Å². The molecule has 0 saturated heterocycles. The summed E-state index contributed by atoms with van der Waals surface area (Å²) in [5, 5.41) is 12.0. The van der Waals surface area contributed by atoms with Gasteiger partial charge in [-0.2, -0.15) is 0 Å². The summed E-state index contributed by atoms with van der Waals surface area (Å²) in [4.78, 5) is 11.1. The molecule has 5 nitrogen and oxygen atoms in total. The second-order valence-corrected chi connectivity index (χ2v) is 3.59. The van der Waals surface area contributed by atoms with Gasteiger partial charge in [-0.3, -0.25) is 4.79 Å². The molecule has 0 aliphatic rings. The lowest BCUT2D eigenvalue weighted by Crippen LogP contribution is -2.45. The molecule has 1 atom stereocenters. The maximum Gasteiger partial charge on any atom is 0.238 e. The Bertz CT molecular complexity index is 369. The van der Waals surface area contributed by atoms with Crippen LogP contribution in [0.5, 0.6) is 5.75 Å². The highest BCUT2D eigenvalue weighted by molar-refractivity contribution is 5.80. The Labute approximate surface area is 101 Å². The van der Waals surface area contributed by atoms with Gasteiger partial charge in [-0.15, -0.1) is 0 Å². The first kappa shape index (κ1) is 13.5. The van der Waals surface area contributed by atoms with Crippen LogP contribution in [0.15, 0.2) is 24.3 Å². The number of hydrogen-bond donors (Lipinski definition) is 3. The van der Waals surface area contributed by atoms with Crippen molar-refractivity contribution in [2.45, 2.75) is 19.6 Å². The number of aliphatic hydroxyl groups excluding tert-OH is 1. The number of para-hydroxylation sites is 1. The van der Waals surface area contributed by atoms with Gasteiger partial charge < -0.3 is 20.9 Å². The molecule has 94 valence electrons. The Morgan fingerprint density at radius 1 is 1.53 bits per heavy atom. The summed E-state index contributed by atoms with van der Waals surface area (Å²) < 4.78 is 5.48. The van der Waals surface area contributed by atoms with Gasteiger partial charge >= 0.3 is 0 Å². The highest BCUT2D eigenvalue weighted by Gasteiger charge is 2.15. The molecule has 1 aromatic carbocycles. The van der Waals surface area contributed by atoms with E-state index in [1.165, 1.54) is 0 Å². The molecule has 0 bridgehead atoms. The molecule has 0 radical (unpaired) electrons. The van der Waals surface area contributed by atoms with Crippen LogP contribution < -0.4 is 15.8 Å². The zero-order valence-electron chi connectivity index (χ0n) is 9.85. The molecule has 17 heavy (non-hydrogen) atoms. The summed E-state index contributed by atoms with van der Waals surface area (Å²) in [6.45, 7) is 2.58. The van der Waals surface area contributed by atoms with E-state index in [2.05, 4.69) is 5.32 Å². The number of amides is 1. The Kier molecular flexibility index (Phi) is 5.45. The summed E-state index contributed by atoms with van der Waals surface area (Å²) in [5.74, 6) is 0.118. The highest BCUT2D eigenvalue weighted by atomic mass is 16.5. The fourth-order valence-corrected chi connectivity index (χ4v) is 1.44. The molecule has 0 aliphatic heterocycles. The number of hydrogen-bond acceptors (Lipinski definition) is 4. The molecule has 0 aliphatic carbocycles. The van der Waals surface area contributed by atoms with E-state index in [9.17, 15) is 4.79 Å². The standard InChI is InChI=1S/C12H18N2O3/c1-2-14-10(12(13)16)8-17-11-6-4-3-5-9(11)7-15/h3-6,10,14-15H,2,7-8H2,1H3,(H2,13,16). The molecular formula is C12H18N2O3. The molecule has 1 amide bonds. The van der Waals surface area contributed by atoms with Crippen molar-refractivity contribution in [1.29, 1.82) is 0 Å². The summed E-state index contributed by atoms with van der Waals surface area (Å²) in [6.07, 6.45) is 0. The molecule has 1 rings (SSSR count). The number of carbonyl (C=O) groups is 1. The molecule has 1 unspecified atom stereocenters. The Morgan fingerprint density at radius 3 is 2.82 bits per heavy atom. The zero-order valence-corrected chi connectivity index (χ0v) is 9.85. The molecule has 0 saturated carbocycles. The third-order valence-corrected chi connectivity index (χ3v) is 2.34. The topological polar surface area (TPSA) is 84.6 Å². The Balaban J connectivity index is 2.61. The van der Waals surface area contributed by atoms with E-state index in [4.69, 9.17) is 15.6 Å². The van der Waals surface area contributed by atoms with Crippen LogP contribution >= 0.6 is 0 Å². The predicted octanol–water partition coefficient (Wildman–Crippen LogP) is 0.0211. The van der Waals surface area contributed by atoms with Gasteiger partial charge in [-0.1, -0.05) is 25.1 Å². The summed E-state index contributed by atoms with van der Waals surface area (Å²) in [7, 11) is 0. The number of carbonyl (C=O) groups excluding carboxylic acids is 1. The molecular weight excluding hydrogens is 220 g/mol. The quantitative estimate of drug-likeness (QED) is 0.625. The summed E-state index contributed by atoms with van der Waals surface area (Å²) in [5.41, 5.74) is 5.91. The molecule has 1 aromatic rings. The van der Waals surface area contributed by atoms with Gasteiger partial charge in [0.05, 0.1) is 6.61 Å². The second kappa shape index (κ2) is 6.88. The van der Waals surface area contributed by atoms with Crippen LogP contribution in [-0.2, 0) is 11.4 Å². The van der Waals surface area contributed by atoms with Crippen molar-refractivity contribution in [2.75, 3.05) is 13.2 Å². The van der Waals surface area contributed by atoms with Crippen LogP contribution in [0.2, 0.25) is 0 Å². The molecule has 4 N–H and O–H groups in total. The predicted molar refractivity (Wildman–Crippen MR) is 64.5 cm³/mol. The number of rotatable bonds is 7. The maximum absolute atomic E-state index is 11.1. The fraction of sp³-hybridized carbons (Fsp3) is 0.417. The first-order valence-electron chi connectivity index (χ1n) is 5.53. The van der Waals surface area contributed by atoms with Crippen molar-refractivity contribution < 1.29 is 14.6 Å². The molecule has 0 spiro atoms. The lowest BCUT2D eigenvalue weighted by atomic mass is 10.2. The second-order valence-electron chi connectivity index (χ2n) is 3.59. The van der Waals surface area contributed by atoms with Crippen LogP contribution in [0.1, 0.15) is 12.5 Å². The number of ether oxygens (including phenoxy) is 1. The van der Waals surface area contributed by atoms with E-state index in [1.54, 1.807) is 18.2 Å². The SMILES string of the molecule is CCNC(COc1ccccc1CO)C(N)=O. The van der Waals surface area contributed by atoms with E-state index < -0.39 is 11.9 Å². The van der Waals surface area contributed by atoms with Crippen molar-refractivity contribution in [1.82, 2.24) is 5.32 Å². The lowest BCUT2D eigenvalue weighted by molar-refractivity contribution is -0.120. The van der Waals surface area contributed by atoms with Gasteiger partial charge in [0, 0.05) is 5.56 Å². The van der Waals surface area contributed by atoms with Crippen LogP contribution in [0, 0.1) is 0 Å². The van der Waals surface area contributed by atoms with E-state index >= 15 is 0 Å². The minimum atomic E-state index is -0.522. The molecule has 5 heteroatoms. The van der Waals surface area contributed by atoms with Gasteiger partial charge in [0.1, 0.15) is 18.4 Å². The average Bonchev–Trinajstić information content (AvgIpc) is 2.34. The van der Waals surface area contributed by atoms with Crippen LogP contribution in [0.25, 0.3) is 0 Å². The van der Waals surface area contributed by atoms with E-state index in [0.717, 1.165) is 0 Å². The zero-order chi connectivity index (χ0) is 12.7. The number of likely N-dealkylation sites (N-methyl/N-ethyl adjacent to an activating group) is 1. The number of aliphatic hydroxyl groups is 1. The van der Waals surface area contributed by atoms with Gasteiger partial charge in [0.25, 0.3) is 0 Å². The fourth-order valence-electron chi connectivity index (χ4n) is 1.44. The molecule has 0 fully saturated rings. The van der Waals surface area contributed by atoms with Crippen LogP contribution in [0.4, 0.5) is 0 Å². The average molecular weight is 238 g/mol. The van der Waals surface area contributed by atoms with E-state index in [0.29, 0.717) is 17.9 Å². The largest absolute Gasteiger partial charge is 0.491 e. The highest BCUT2D eigenvalue weighted by Crippen LogP contribution is 2.17. The first-order chi connectivity index (χ1) is 8.19. The van der Waals surface area contributed by atoms with Gasteiger partial charge in [-0.25, -0.2) is 0 Å². The van der Waals surface area contributed by atoms with E-state index in [-0.39, 0.29) is 13.2 Å². The third-order valence-electron chi connectivity index (χ3n) is 2.34. The summed E-state index contributed by atoms with van der Waals surface area (Å²) in [6, 6.07) is 6.61. The summed E-state index contributed by atoms with van der Waals surface area (Å²) >= 11 is 0. The molecule has 0 aromatic heterocycles. The number of benzene rings is 1. The van der Waals surface area contributed by atoms with Crippen molar-refractivity contribution in [2.24, 2.45) is 5.73 Å². The number of nitrogens with one attached hydrogen (secondary N) is 1. The Morgan fingerprint density at radius 2 is 2.24 bits per heavy atom. The number of primary amides is 1. The minimum absolute atomic E-state index is 0.0986. The van der Waals surface area contributed by atoms with Crippen molar-refractivity contribution in [3.63, 3.8) is 0 Å². The van der Waals surface area contributed by atoms with Crippen LogP contribution in [0.3, 0.4) is 0 Å². The first-order valence-corrected chi connectivity index (χ1v) is 5.53. The minimum Gasteiger partial charge on any atom is -0.491 e. The third kappa shape index (κ3) is 4.05. The van der Waals surface area contributed by atoms with Gasteiger partial charge in [0.2, 0.25) is 5.91 Å². The van der Waals surface area contributed by atoms with Gasteiger partial charge in [-0.05, 0) is 12.6 Å². The van der Waals surface area contributed by atoms with Crippen LogP contribution in [-0.4, -0.2) is 30.2 Å². The Hall–Kier alpha value is -1.59. The van der Waals surface area contributed by atoms with Gasteiger partial charge in [0.15, 0.2) is 0 Å². The van der Waals surface area contributed by atoms with Crippen molar-refractivity contribution >= 4 is 5.91 Å². The normalized spacial score (nSPS) is 12.1. The number of nitrogens with two attached hydrogens (primary N) is 1. The smallest absolute Gasteiger partial charge is 0.238 e. The van der Waals surface area contributed by atoms with Crippen molar-refractivity contribution in [3.8, 4) is 5.75 Å². The monoisotopic (exact) mass is 238 g/mol.